The van der Waals surface area contributed by atoms with Gasteiger partial charge in [-0.05, 0) is 36.8 Å². The molecule has 25 heavy (non-hydrogen) atoms. The fraction of sp³-hybridized carbons (Fsp3) is 0.167. The van der Waals surface area contributed by atoms with Crippen molar-refractivity contribution in [1.29, 1.82) is 0 Å². The van der Waals surface area contributed by atoms with E-state index in [1.807, 2.05) is 30.3 Å². The number of nitrogens with zero attached hydrogens (tertiary/aromatic N) is 1. The Morgan fingerprint density at radius 2 is 1.96 bits per heavy atom. The predicted octanol–water partition coefficient (Wildman–Crippen LogP) is 2.51. The van der Waals surface area contributed by atoms with Gasteiger partial charge in [0, 0.05) is 17.1 Å². The van der Waals surface area contributed by atoms with Crippen molar-refractivity contribution >= 4 is 29.6 Å². The van der Waals surface area contributed by atoms with Gasteiger partial charge in [0.1, 0.15) is 12.4 Å². The van der Waals surface area contributed by atoms with Crippen LogP contribution in [0.2, 0.25) is 5.02 Å². The molecule has 130 valence electrons. The Labute approximate surface area is 150 Å². The summed E-state index contributed by atoms with van der Waals surface area (Å²) >= 11 is 5.95. The number of hydrazone groups is 1. The van der Waals surface area contributed by atoms with Gasteiger partial charge < -0.3 is 10.1 Å². The molecule has 0 atom stereocenters. The molecule has 0 unspecified atom stereocenters. The molecule has 2 amide bonds. The summed E-state index contributed by atoms with van der Waals surface area (Å²) in [6.07, 6.45) is 1.42. The smallest absolute Gasteiger partial charge is 0.329 e. The van der Waals surface area contributed by atoms with Crippen LogP contribution in [0.1, 0.15) is 18.1 Å². The Morgan fingerprint density at radius 3 is 2.72 bits per heavy atom. The summed E-state index contributed by atoms with van der Waals surface area (Å²) in [6, 6.07) is 14.6. The number of ether oxygens (including phenoxy) is 1. The Bertz CT molecular complexity index is 778. The van der Waals surface area contributed by atoms with Gasteiger partial charge in [-0.25, -0.2) is 5.43 Å². The summed E-state index contributed by atoms with van der Waals surface area (Å²) in [5, 5.41) is 6.82. The van der Waals surface area contributed by atoms with Gasteiger partial charge in [-0.3, -0.25) is 9.59 Å². The first-order chi connectivity index (χ1) is 12.1. The third kappa shape index (κ3) is 5.93. The summed E-state index contributed by atoms with van der Waals surface area (Å²) in [6.45, 7) is 2.44. The lowest BCUT2D eigenvalue weighted by Gasteiger charge is -2.09. The number of likely N-dealkylation sites (N-methyl/N-ethyl adjacent to an activating group) is 1. The van der Waals surface area contributed by atoms with Crippen molar-refractivity contribution in [3.63, 3.8) is 0 Å². The second-order valence-corrected chi connectivity index (χ2v) is 5.45. The van der Waals surface area contributed by atoms with Crippen LogP contribution in [0.5, 0.6) is 5.75 Å². The molecule has 2 aromatic carbocycles. The summed E-state index contributed by atoms with van der Waals surface area (Å²) in [7, 11) is 0. The molecule has 0 aromatic heterocycles. The normalized spacial score (nSPS) is 10.5. The quantitative estimate of drug-likeness (QED) is 0.472. The zero-order valence-corrected chi connectivity index (χ0v) is 14.4. The molecule has 0 spiro atoms. The number of rotatable bonds is 6. The Morgan fingerprint density at radius 1 is 1.16 bits per heavy atom. The van der Waals surface area contributed by atoms with Crippen LogP contribution in [-0.2, 0) is 16.2 Å². The molecular formula is C18H18ClN3O3. The SMILES string of the molecule is CCNC(=O)C(=O)N/N=C\c1ccccc1OCc1cccc(Cl)c1. The second-order valence-electron chi connectivity index (χ2n) is 5.02. The van der Waals surface area contributed by atoms with Gasteiger partial charge in [0.2, 0.25) is 0 Å². The van der Waals surface area contributed by atoms with E-state index < -0.39 is 11.8 Å². The van der Waals surface area contributed by atoms with Crippen LogP contribution in [0.3, 0.4) is 0 Å². The van der Waals surface area contributed by atoms with E-state index in [4.69, 9.17) is 16.3 Å². The van der Waals surface area contributed by atoms with E-state index in [0.717, 1.165) is 5.56 Å². The van der Waals surface area contributed by atoms with E-state index in [2.05, 4.69) is 15.8 Å². The molecule has 0 aliphatic rings. The maximum Gasteiger partial charge on any atom is 0.329 e. The van der Waals surface area contributed by atoms with Crippen molar-refractivity contribution in [3.05, 3.63) is 64.7 Å². The Kier molecular flexibility index (Phi) is 6.98. The standard InChI is InChI=1S/C18H18ClN3O3/c1-2-20-17(23)18(24)22-21-11-14-7-3-4-9-16(14)25-12-13-6-5-8-15(19)10-13/h3-11H,2,12H2,1H3,(H,20,23)(H,22,24)/b21-11-. The van der Waals surface area contributed by atoms with Crippen LogP contribution >= 0.6 is 11.6 Å². The maximum absolute atomic E-state index is 11.5. The monoisotopic (exact) mass is 359 g/mol. The summed E-state index contributed by atoms with van der Waals surface area (Å²) in [5.74, 6) is -0.959. The van der Waals surface area contributed by atoms with Gasteiger partial charge in [0.15, 0.2) is 0 Å². The minimum absolute atomic E-state index is 0.344. The zero-order chi connectivity index (χ0) is 18.1. The molecule has 0 aliphatic heterocycles. The lowest BCUT2D eigenvalue weighted by Crippen LogP contribution is -2.37. The molecule has 2 rings (SSSR count). The number of hydrogen-bond donors (Lipinski definition) is 2. The van der Waals surface area contributed by atoms with E-state index in [9.17, 15) is 9.59 Å². The van der Waals surface area contributed by atoms with Crippen molar-refractivity contribution < 1.29 is 14.3 Å². The van der Waals surface area contributed by atoms with Crippen molar-refractivity contribution in [3.8, 4) is 5.75 Å². The van der Waals surface area contributed by atoms with E-state index in [1.165, 1.54) is 6.21 Å². The summed E-state index contributed by atoms with van der Waals surface area (Å²) in [5.41, 5.74) is 3.77. The average molecular weight is 360 g/mol. The number of para-hydroxylation sites is 1. The second kappa shape index (κ2) is 9.44. The van der Waals surface area contributed by atoms with Crippen molar-refractivity contribution in [1.82, 2.24) is 10.7 Å². The highest BCUT2D eigenvalue weighted by atomic mass is 35.5. The number of carbonyl (C=O) groups is 2. The highest BCUT2D eigenvalue weighted by molar-refractivity contribution is 6.35. The topological polar surface area (TPSA) is 79.8 Å². The number of hydrogen-bond acceptors (Lipinski definition) is 4. The van der Waals surface area contributed by atoms with Gasteiger partial charge in [0.25, 0.3) is 0 Å². The van der Waals surface area contributed by atoms with Gasteiger partial charge in [-0.2, -0.15) is 5.10 Å². The molecule has 6 nitrogen and oxygen atoms in total. The highest BCUT2D eigenvalue weighted by Crippen LogP contribution is 2.18. The molecule has 0 fully saturated rings. The minimum atomic E-state index is -0.824. The maximum atomic E-state index is 11.5. The average Bonchev–Trinajstić information content (AvgIpc) is 2.61. The lowest BCUT2D eigenvalue weighted by molar-refractivity contribution is -0.139. The molecule has 0 saturated carbocycles. The van der Waals surface area contributed by atoms with Crippen LogP contribution in [0, 0.1) is 0 Å². The van der Waals surface area contributed by atoms with E-state index in [0.29, 0.717) is 29.5 Å². The number of amides is 2. The molecule has 0 radical (unpaired) electrons. The Balaban J connectivity index is 1.99. The summed E-state index contributed by atoms with van der Waals surface area (Å²) in [4.78, 5) is 22.8. The van der Waals surface area contributed by atoms with Crippen molar-refractivity contribution in [2.75, 3.05) is 6.54 Å². The van der Waals surface area contributed by atoms with Gasteiger partial charge >= 0.3 is 11.8 Å². The van der Waals surface area contributed by atoms with Crippen LogP contribution in [0.15, 0.2) is 53.6 Å². The molecule has 0 saturated heterocycles. The third-order valence-corrected chi connectivity index (χ3v) is 3.35. The van der Waals surface area contributed by atoms with Crippen LogP contribution in [-0.4, -0.2) is 24.6 Å². The number of halogens is 1. The fourth-order valence-electron chi connectivity index (χ4n) is 1.96. The zero-order valence-electron chi connectivity index (χ0n) is 13.7. The third-order valence-electron chi connectivity index (χ3n) is 3.12. The van der Waals surface area contributed by atoms with E-state index >= 15 is 0 Å². The first-order valence-electron chi connectivity index (χ1n) is 7.67. The summed E-state index contributed by atoms with van der Waals surface area (Å²) < 4.78 is 5.78. The van der Waals surface area contributed by atoms with Gasteiger partial charge in [-0.15, -0.1) is 0 Å². The first-order valence-corrected chi connectivity index (χ1v) is 8.05. The molecule has 2 aromatic rings. The largest absolute Gasteiger partial charge is 0.488 e. The molecule has 2 N–H and O–H groups in total. The molecule has 7 heteroatoms. The fourth-order valence-corrected chi connectivity index (χ4v) is 2.17. The number of benzene rings is 2. The van der Waals surface area contributed by atoms with E-state index in [-0.39, 0.29) is 0 Å². The highest BCUT2D eigenvalue weighted by Gasteiger charge is 2.10. The molecule has 0 heterocycles. The number of nitrogens with one attached hydrogen (secondary N) is 2. The van der Waals surface area contributed by atoms with Crippen molar-refractivity contribution in [2.24, 2.45) is 5.10 Å². The molecule has 0 aliphatic carbocycles. The minimum Gasteiger partial charge on any atom is -0.488 e. The predicted molar refractivity (Wildman–Crippen MR) is 96.6 cm³/mol. The van der Waals surface area contributed by atoms with Crippen molar-refractivity contribution in [2.45, 2.75) is 13.5 Å². The first kappa shape index (κ1) is 18.5. The van der Waals surface area contributed by atoms with Crippen LogP contribution in [0.25, 0.3) is 0 Å². The van der Waals surface area contributed by atoms with Crippen LogP contribution < -0.4 is 15.5 Å². The van der Waals surface area contributed by atoms with Gasteiger partial charge in [0.05, 0.1) is 6.21 Å². The van der Waals surface area contributed by atoms with E-state index in [1.54, 1.807) is 25.1 Å². The van der Waals surface area contributed by atoms with Gasteiger partial charge in [-0.1, -0.05) is 35.9 Å². The van der Waals surface area contributed by atoms with Crippen LogP contribution in [0.4, 0.5) is 0 Å². The lowest BCUT2D eigenvalue weighted by atomic mass is 10.2. The number of carbonyl (C=O) groups excluding carboxylic acids is 2. The molecular weight excluding hydrogens is 342 g/mol. The molecule has 0 bridgehead atoms. The Hall–Kier alpha value is -2.86.